The van der Waals surface area contributed by atoms with E-state index >= 15 is 0 Å². The van der Waals surface area contributed by atoms with Crippen molar-refractivity contribution in [1.82, 2.24) is 4.98 Å². The Morgan fingerprint density at radius 3 is 3.08 bits per heavy atom. The number of nitrogens with two attached hydrogens (primary N) is 1. The Labute approximate surface area is 82.9 Å². The number of aromatic nitrogens is 1. The van der Waals surface area contributed by atoms with Gasteiger partial charge in [-0.25, -0.2) is 4.98 Å². The molecule has 0 bridgehead atoms. The number of rotatable bonds is 3. The van der Waals surface area contributed by atoms with E-state index in [1.807, 2.05) is 12.1 Å². The van der Waals surface area contributed by atoms with E-state index in [0.29, 0.717) is 0 Å². The second kappa shape index (κ2) is 4.47. The van der Waals surface area contributed by atoms with Crippen LogP contribution in [-0.2, 0) is 4.79 Å². The highest BCUT2D eigenvalue weighted by Gasteiger charge is 2.02. The van der Waals surface area contributed by atoms with Gasteiger partial charge in [-0.2, -0.15) is 0 Å². The van der Waals surface area contributed by atoms with Gasteiger partial charge in [0.15, 0.2) is 0 Å². The fraction of sp³-hybridized carbons (Fsp3) is 0.143. The van der Waals surface area contributed by atoms with Crippen LogP contribution in [0.4, 0.5) is 0 Å². The molecule has 1 aromatic heterocycles. The first-order chi connectivity index (χ1) is 5.70. The van der Waals surface area contributed by atoms with Crippen LogP contribution in [0.3, 0.4) is 0 Å². The average Bonchev–Trinajstić information content (AvgIpc) is 2.03. The highest BCUT2D eigenvalue weighted by Crippen LogP contribution is 2.23. The van der Waals surface area contributed by atoms with E-state index in [0.717, 1.165) is 9.50 Å². The molecule has 1 aromatic rings. The number of halogens is 1. The number of amides is 1. The molecule has 1 rings (SSSR count). The van der Waals surface area contributed by atoms with Crippen molar-refractivity contribution in [2.45, 2.75) is 5.03 Å². The molecule has 0 unspecified atom stereocenters. The molecule has 3 nitrogen and oxygen atoms in total. The van der Waals surface area contributed by atoms with E-state index in [1.165, 1.54) is 11.8 Å². The van der Waals surface area contributed by atoms with Gasteiger partial charge in [-0.15, -0.1) is 0 Å². The summed E-state index contributed by atoms with van der Waals surface area (Å²) in [5.74, 6) is -0.0761. The normalized spacial score (nSPS) is 9.75. The van der Waals surface area contributed by atoms with Crippen molar-refractivity contribution in [2.75, 3.05) is 5.75 Å². The third-order valence-electron chi connectivity index (χ3n) is 1.08. The van der Waals surface area contributed by atoms with Crippen LogP contribution in [0.25, 0.3) is 0 Å². The summed E-state index contributed by atoms with van der Waals surface area (Å²) in [5.41, 5.74) is 4.99. The zero-order chi connectivity index (χ0) is 8.97. The summed E-state index contributed by atoms with van der Waals surface area (Å²) in [6, 6.07) is 3.69. The number of carbonyl (C=O) groups is 1. The van der Waals surface area contributed by atoms with Crippen molar-refractivity contribution in [3.8, 4) is 0 Å². The van der Waals surface area contributed by atoms with E-state index in [9.17, 15) is 4.79 Å². The first-order valence-electron chi connectivity index (χ1n) is 3.22. The third-order valence-corrected chi connectivity index (χ3v) is 3.01. The maximum Gasteiger partial charge on any atom is 0.227 e. The molecule has 1 amide bonds. The van der Waals surface area contributed by atoms with Gasteiger partial charge >= 0.3 is 0 Å². The average molecular weight is 247 g/mol. The van der Waals surface area contributed by atoms with E-state index < -0.39 is 0 Å². The minimum Gasteiger partial charge on any atom is -0.369 e. The summed E-state index contributed by atoms with van der Waals surface area (Å²) in [4.78, 5) is 14.5. The zero-order valence-electron chi connectivity index (χ0n) is 6.16. The van der Waals surface area contributed by atoms with Crippen LogP contribution < -0.4 is 5.73 Å². The first-order valence-corrected chi connectivity index (χ1v) is 4.99. The lowest BCUT2D eigenvalue weighted by atomic mass is 10.5. The molecule has 0 atom stereocenters. The SMILES string of the molecule is NC(=O)CSc1ncccc1Br. The maximum absolute atomic E-state index is 10.4. The van der Waals surface area contributed by atoms with Crippen LogP contribution in [0.15, 0.2) is 27.8 Å². The molecule has 0 aliphatic carbocycles. The number of thioether (sulfide) groups is 1. The highest BCUT2D eigenvalue weighted by molar-refractivity contribution is 9.10. The lowest BCUT2D eigenvalue weighted by Crippen LogP contribution is -2.13. The fourth-order valence-corrected chi connectivity index (χ4v) is 1.84. The predicted molar refractivity (Wildman–Crippen MR) is 51.9 cm³/mol. The third kappa shape index (κ3) is 2.83. The quantitative estimate of drug-likeness (QED) is 0.822. The maximum atomic E-state index is 10.4. The van der Waals surface area contributed by atoms with Crippen molar-refractivity contribution < 1.29 is 4.79 Å². The predicted octanol–water partition coefficient (Wildman–Crippen LogP) is 1.42. The molecule has 2 N–H and O–H groups in total. The molecule has 0 saturated heterocycles. The number of hydrogen-bond donors (Lipinski definition) is 1. The van der Waals surface area contributed by atoms with Gasteiger partial charge in [0.2, 0.25) is 5.91 Å². The van der Waals surface area contributed by atoms with Crippen molar-refractivity contribution >= 4 is 33.6 Å². The van der Waals surface area contributed by atoms with Gasteiger partial charge in [0.1, 0.15) is 5.03 Å². The number of pyridine rings is 1. The van der Waals surface area contributed by atoms with Crippen molar-refractivity contribution in [3.05, 3.63) is 22.8 Å². The highest BCUT2D eigenvalue weighted by atomic mass is 79.9. The minimum atomic E-state index is -0.336. The second-order valence-electron chi connectivity index (χ2n) is 2.05. The monoisotopic (exact) mass is 246 g/mol. The largest absolute Gasteiger partial charge is 0.369 e. The molecular weight excluding hydrogens is 240 g/mol. The Kier molecular flexibility index (Phi) is 3.55. The molecule has 5 heteroatoms. The second-order valence-corrected chi connectivity index (χ2v) is 3.86. The molecule has 0 saturated carbocycles. The van der Waals surface area contributed by atoms with Gasteiger partial charge in [-0.1, -0.05) is 11.8 Å². The number of nitrogens with zero attached hydrogens (tertiary/aromatic N) is 1. The summed E-state index contributed by atoms with van der Waals surface area (Å²) in [7, 11) is 0. The first kappa shape index (κ1) is 9.54. The lowest BCUT2D eigenvalue weighted by Gasteiger charge is -1.99. The summed E-state index contributed by atoms with van der Waals surface area (Å²) in [5, 5.41) is 0.788. The summed E-state index contributed by atoms with van der Waals surface area (Å²) >= 11 is 4.63. The summed E-state index contributed by atoms with van der Waals surface area (Å²) in [6.07, 6.45) is 1.67. The Morgan fingerprint density at radius 1 is 1.75 bits per heavy atom. The van der Waals surface area contributed by atoms with E-state index in [1.54, 1.807) is 6.20 Å². The molecule has 64 valence electrons. The molecule has 0 aliphatic heterocycles. The molecule has 1 heterocycles. The Bertz CT molecular complexity index is 292. The van der Waals surface area contributed by atoms with Crippen LogP contribution in [-0.4, -0.2) is 16.6 Å². The molecule has 0 fully saturated rings. The van der Waals surface area contributed by atoms with Gasteiger partial charge < -0.3 is 5.73 Å². The molecule has 12 heavy (non-hydrogen) atoms. The minimum absolute atomic E-state index is 0.260. The van der Waals surface area contributed by atoms with E-state index in [4.69, 9.17) is 5.73 Å². The van der Waals surface area contributed by atoms with Crippen LogP contribution in [0, 0.1) is 0 Å². The van der Waals surface area contributed by atoms with Crippen molar-refractivity contribution in [2.24, 2.45) is 5.73 Å². The summed E-state index contributed by atoms with van der Waals surface area (Å²) < 4.78 is 0.885. The Morgan fingerprint density at radius 2 is 2.50 bits per heavy atom. The topological polar surface area (TPSA) is 56.0 Å². The Hall–Kier alpha value is -0.550. The van der Waals surface area contributed by atoms with Crippen LogP contribution in [0.1, 0.15) is 0 Å². The van der Waals surface area contributed by atoms with Crippen LogP contribution in [0.2, 0.25) is 0 Å². The Balaban J connectivity index is 2.63. The van der Waals surface area contributed by atoms with Crippen molar-refractivity contribution in [1.29, 1.82) is 0 Å². The molecular formula is C7H7BrN2OS. The van der Waals surface area contributed by atoms with Gasteiger partial charge in [-0.05, 0) is 28.1 Å². The zero-order valence-corrected chi connectivity index (χ0v) is 8.56. The molecule has 0 spiro atoms. The number of hydrogen-bond acceptors (Lipinski definition) is 3. The van der Waals surface area contributed by atoms with Gasteiger partial charge in [0.25, 0.3) is 0 Å². The smallest absolute Gasteiger partial charge is 0.227 e. The molecule has 0 aromatic carbocycles. The molecule has 0 radical (unpaired) electrons. The van der Waals surface area contributed by atoms with E-state index in [2.05, 4.69) is 20.9 Å². The molecule has 0 aliphatic rings. The van der Waals surface area contributed by atoms with Gasteiger partial charge in [-0.3, -0.25) is 4.79 Å². The van der Waals surface area contributed by atoms with Crippen LogP contribution in [0.5, 0.6) is 0 Å². The number of primary amides is 1. The summed E-state index contributed by atoms with van der Waals surface area (Å²) in [6.45, 7) is 0. The van der Waals surface area contributed by atoms with Crippen molar-refractivity contribution in [3.63, 3.8) is 0 Å². The van der Waals surface area contributed by atoms with Crippen LogP contribution >= 0.6 is 27.7 Å². The van der Waals surface area contributed by atoms with Gasteiger partial charge in [0, 0.05) is 10.7 Å². The lowest BCUT2D eigenvalue weighted by molar-refractivity contribution is -0.115. The fourth-order valence-electron chi connectivity index (χ4n) is 0.617. The van der Waals surface area contributed by atoms with Gasteiger partial charge in [0.05, 0.1) is 5.75 Å². The standard InChI is InChI=1S/C7H7BrN2OS/c8-5-2-1-3-10-7(5)12-4-6(9)11/h1-3H,4H2,(H2,9,11). The van der Waals surface area contributed by atoms with E-state index in [-0.39, 0.29) is 11.7 Å². The number of carbonyl (C=O) groups excluding carboxylic acids is 1.